The third-order valence-electron chi connectivity index (χ3n) is 8.63. The average molecular weight is 612 g/mol. The Morgan fingerprint density at radius 1 is 0.818 bits per heavy atom. The predicted octanol–water partition coefficient (Wildman–Crippen LogP) is 6.18. The van der Waals surface area contributed by atoms with Gasteiger partial charge in [-0.25, -0.2) is 15.0 Å². The van der Waals surface area contributed by atoms with E-state index >= 15 is 0 Å². The molecule has 1 saturated heterocycles. The van der Waals surface area contributed by atoms with Crippen molar-refractivity contribution in [1.29, 1.82) is 0 Å². The van der Waals surface area contributed by atoms with Crippen LogP contribution in [0.15, 0.2) is 78.9 Å². The zero-order valence-corrected chi connectivity index (χ0v) is 27.0. The lowest BCUT2D eigenvalue weighted by molar-refractivity contribution is 0.107. The van der Waals surface area contributed by atoms with E-state index in [4.69, 9.17) is 15.0 Å². The summed E-state index contributed by atoms with van der Waals surface area (Å²) < 4.78 is 2.13. The van der Waals surface area contributed by atoms with Crippen molar-refractivity contribution in [1.82, 2.24) is 24.4 Å². The number of piperazine rings is 1. The summed E-state index contributed by atoms with van der Waals surface area (Å²) in [5.41, 5.74) is 7.51. The Morgan fingerprint density at radius 2 is 1.48 bits per heavy atom. The normalized spacial score (nSPS) is 15.2. The molecule has 1 aliphatic heterocycles. The van der Waals surface area contributed by atoms with Gasteiger partial charge in [-0.1, -0.05) is 60.7 Å². The van der Waals surface area contributed by atoms with Gasteiger partial charge in [-0.15, -0.1) is 12.4 Å². The molecule has 0 bridgehead atoms. The van der Waals surface area contributed by atoms with Crippen LogP contribution in [-0.2, 0) is 0 Å². The third kappa shape index (κ3) is 6.15. The zero-order valence-electron chi connectivity index (χ0n) is 26.2. The number of hydrogen-bond donors (Lipinski definition) is 1. The molecule has 1 aliphatic rings. The highest BCUT2D eigenvalue weighted by molar-refractivity contribution is 5.89. The minimum absolute atomic E-state index is 0. The summed E-state index contributed by atoms with van der Waals surface area (Å²) in [5.74, 6) is 2.28. The van der Waals surface area contributed by atoms with Crippen molar-refractivity contribution < 1.29 is 5.11 Å². The van der Waals surface area contributed by atoms with Crippen molar-refractivity contribution in [3.8, 4) is 17.1 Å². The predicted molar refractivity (Wildman–Crippen MR) is 182 cm³/mol. The van der Waals surface area contributed by atoms with Gasteiger partial charge in [0, 0.05) is 56.6 Å². The first-order valence-electron chi connectivity index (χ1n) is 15.2. The standard InChI is InChI=1S/C35H41N7O.ClH/c1-24-13-12-18-30(26(24)3)40-19-21-41(22-20-40)31(23-25(2)43)39(5)34-32-35(37-27(4)36-34)42(29-16-10-7-11-17-29)33(38-32)28-14-8-6-9-15-28;/h6-18,25,31,43H,19-23H2,1-5H3;1H. The molecular formula is C35H42ClN7O. The molecule has 8 nitrogen and oxygen atoms in total. The fraction of sp³-hybridized carbons (Fsp3) is 0.343. The number of aromatic nitrogens is 4. The first-order valence-corrected chi connectivity index (χ1v) is 15.2. The van der Waals surface area contributed by atoms with E-state index in [-0.39, 0.29) is 18.6 Å². The van der Waals surface area contributed by atoms with E-state index in [9.17, 15) is 5.11 Å². The molecule has 0 aliphatic carbocycles. The highest BCUT2D eigenvalue weighted by Gasteiger charge is 2.31. The zero-order chi connectivity index (χ0) is 30.1. The minimum Gasteiger partial charge on any atom is -0.393 e. The van der Waals surface area contributed by atoms with Gasteiger partial charge in [0.1, 0.15) is 11.6 Å². The molecule has 3 aromatic carbocycles. The van der Waals surface area contributed by atoms with Gasteiger partial charge >= 0.3 is 0 Å². The van der Waals surface area contributed by atoms with Crippen LogP contribution in [0.2, 0.25) is 0 Å². The van der Waals surface area contributed by atoms with Crippen molar-refractivity contribution in [2.75, 3.05) is 43.0 Å². The molecule has 0 amide bonds. The van der Waals surface area contributed by atoms with Gasteiger partial charge in [0.25, 0.3) is 0 Å². The summed E-state index contributed by atoms with van der Waals surface area (Å²) in [6, 6.07) is 27.0. The van der Waals surface area contributed by atoms with Crippen LogP contribution >= 0.6 is 12.4 Å². The highest BCUT2D eigenvalue weighted by atomic mass is 35.5. The van der Waals surface area contributed by atoms with Crippen LogP contribution < -0.4 is 9.80 Å². The number of hydrogen-bond acceptors (Lipinski definition) is 7. The molecule has 230 valence electrons. The molecule has 0 saturated carbocycles. The quantitative estimate of drug-likeness (QED) is 0.224. The lowest BCUT2D eigenvalue weighted by Gasteiger charge is -2.44. The maximum Gasteiger partial charge on any atom is 0.170 e. The largest absolute Gasteiger partial charge is 0.393 e. The Morgan fingerprint density at radius 3 is 2.14 bits per heavy atom. The second kappa shape index (κ2) is 13.3. The number of imidazole rings is 1. The van der Waals surface area contributed by atoms with Crippen molar-refractivity contribution in [2.24, 2.45) is 0 Å². The number of aliphatic hydroxyl groups is 1. The summed E-state index contributed by atoms with van der Waals surface area (Å²) >= 11 is 0. The molecule has 6 rings (SSSR count). The number of fused-ring (bicyclic) bond motifs is 1. The van der Waals surface area contributed by atoms with Crippen molar-refractivity contribution in [3.63, 3.8) is 0 Å². The van der Waals surface area contributed by atoms with Crippen LogP contribution in [0, 0.1) is 20.8 Å². The summed E-state index contributed by atoms with van der Waals surface area (Å²) in [4.78, 5) is 22.3. The molecule has 0 spiro atoms. The molecule has 44 heavy (non-hydrogen) atoms. The monoisotopic (exact) mass is 611 g/mol. The maximum atomic E-state index is 10.6. The average Bonchev–Trinajstić information content (AvgIpc) is 3.41. The van der Waals surface area contributed by atoms with Crippen LogP contribution in [-0.4, -0.2) is 75.0 Å². The summed E-state index contributed by atoms with van der Waals surface area (Å²) in [7, 11) is 2.08. The fourth-order valence-corrected chi connectivity index (χ4v) is 6.24. The number of halogens is 1. The van der Waals surface area contributed by atoms with Crippen LogP contribution in [0.1, 0.15) is 30.3 Å². The smallest absolute Gasteiger partial charge is 0.170 e. The van der Waals surface area contributed by atoms with Crippen molar-refractivity contribution in [3.05, 3.63) is 95.8 Å². The topological polar surface area (TPSA) is 73.6 Å². The number of benzene rings is 3. The molecule has 2 aromatic heterocycles. The lowest BCUT2D eigenvalue weighted by atomic mass is 10.1. The van der Waals surface area contributed by atoms with E-state index < -0.39 is 6.10 Å². The van der Waals surface area contributed by atoms with Crippen molar-refractivity contribution >= 4 is 35.1 Å². The van der Waals surface area contributed by atoms with Gasteiger partial charge in [-0.2, -0.15) is 0 Å². The van der Waals surface area contributed by atoms with Crippen LogP contribution in [0.3, 0.4) is 0 Å². The van der Waals surface area contributed by atoms with Crippen LogP contribution in [0.4, 0.5) is 11.5 Å². The molecular weight excluding hydrogens is 570 g/mol. The molecule has 1 N–H and O–H groups in total. The van der Waals surface area contributed by atoms with Gasteiger partial charge in [-0.3, -0.25) is 9.47 Å². The maximum absolute atomic E-state index is 10.6. The highest BCUT2D eigenvalue weighted by Crippen LogP contribution is 2.33. The summed E-state index contributed by atoms with van der Waals surface area (Å²) in [5, 5.41) is 10.6. The molecule has 9 heteroatoms. The molecule has 2 atom stereocenters. The third-order valence-corrected chi connectivity index (χ3v) is 8.63. The van der Waals surface area contributed by atoms with Gasteiger partial charge in [0.05, 0.1) is 12.3 Å². The number of aliphatic hydroxyl groups excluding tert-OH is 1. The SMILES string of the molecule is Cc1nc(N(C)C(CC(C)O)N2CCN(c3cccc(C)c3C)CC2)c2nc(-c3ccccc3)n(-c3ccccc3)c2n1.Cl. The Bertz CT molecular complexity index is 1700. The van der Waals surface area contributed by atoms with Gasteiger partial charge in [0.15, 0.2) is 17.0 Å². The number of nitrogens with zero attached hydrogens (tertiary/aromatic N) is 7. The van der Waals surface area contributed by atoms with E-state index in [1.54, 1.807) is 0 Å². The molecule has 1 fully saturated rings. The molecule has 2 unspecified atom stereocenters. The van der Waals surface area contributed by atoms with E-state index in [1.807, 2.05) is 50.2 Å². The second-order valence-electron chi connectivity index (χ2n) is 11.7. The van der Waals surface area contributed by atoms with Gasteiger partial charge in [0.2, 0.25) is 0 Å². The summed E-state index contributed by atoms with van der Waals surface area (Å²) in [6.07, 6.45) is 0.0695. The van der Waals surface area contributed by atoms with Crippen LogP contribution in [0.5, 0.6) is 0 Å². The second-order valence-corrected chi connectivity index (χ2v) is 11.7. The first-order chi connectivity index (χ1) is 20.8. The Kier molecular flexibility index (Phi) is 9.53. The number of para-hydroxylation sites is 1. The molecule has 5 aromatic rings. The summed E-state index contributed by atoms with van der Waals surface area (Å²) in [6.45, 7) is 11.8. The minimum atomic E-state index is -0.468. The van der Waals surface area contributed by atoms with Crippen LogP contribution in [0.25, 0.3) is 28.2 Å². The van der Waals surface area contributed by atoms with E-state index in [1.165, 1.54) is 16.8 Å². The lowest BCUT2D eigenvalue weighted by Crippen LogP contribution is -2.56. The van der Waals surface area contributed by atoms with E-state index in [0.29, 0.717) is 12.2 Å². The number of anilines is 2. The van der Waals surface area contributed by atoms with Gasteiger partial charge < -0.3 is 14.9 Å². The number of rotatable bonds is 8. The Labute approximate surface area is 266 Å². The Hall–Kier alpha value is -3.98. The number of aryl methyl sites for hydroxylation is 2. The van der Waals surface area contributed by atoms with Gasteiger partial charge in [-0.05, 0) is 57.0 Å². The Balaban J connectivity index is 0.00000384. The molecule has 3 heterocycles. The van der Waals surface area contributed by atoms with E-state index in [2.05, 4.69) is 82.6 Å². The van der Waals surface area contributed by atoms with Crippen molar-refractivity contribution in [2.45, 2.75) is 46.4 Å². The molecule has 0 radical (unpaired) electrons. The van der Waals surface area contributed by atoms with E-state index in [0.717, 1.165) is 60.2 Å². The fourth-order valence-electron chi connectivity index (χ4n) is 6.24. The first kappa shape index (κ1) is 31.4.